The highest BCUT2D eigenvalue weighted by molar-refractivity contribution is 7.99. The van der Waals surface area contributed by atoms with E-state index in [1.165, 1.54) is 23.7 Å². The van der Waals surface area contributed by atoms with Gasteiger partial charge in [0.1, 0.15) is 22.9 Å². The quantitative estimate of drug-likeness (QED) is 0.708. The van der Waals surface area contributed by atoms with Crippen LogP contribution in [0, 0.1) is 13.8 Å². The summed E-state index contributed by atoms with van der Waals surface area (Å²) in [5.74, 6) is 1.26. The molecule has 2 aromatic heterocycles. The second kappa shape index (κ2) is 6.66. The van der Waals surface area contributed by atoms with Crippen LogP contribution in [0.15, 0.2) is 58.8 Å². The van der Waals surface area contributed by atoms with Crippen LogP contribution in [0.2, 0.25) is 0 Å². The van der Waals surface area contributed by atoms with Crippen LogP contribution in [0.1, 0.15) is 11.1 Å². The standard InChI is InChI=1S/C17H17N5S/c1-11-3-6-13(7-4-11)23-17-15(18)16(20-10-21-17)22-14-8-5-12(2)9-19-14/h3-10H,18H2,1-2H3,(H,19,20,21,22). The average molecular weight is 323 g/mol. The summed E-state index contributed by atoms with van der Waals surface area (Å²) in [6, 6.07) is 12.1. The molecule has 5 nitrogen and oxygen atoms in total. The SMILES string of the molecule is Cc1ccc(Sc2ncnc(Nc3ccc(C)cn3)c2N)cc1. The van der Waals surface area contributed by atoms with Gasteiger partial charge in [0.05, 0.1) is 0 Å². The lowest BCUT2D eigenvalue weighted by atomic mass is 10.2. The van der Waals surface area contributed by atoms with Gasteiger partial charge in [-0.25, -0.2) is 15.0 Å². The van der Waals surface area contributed by atoms with Gasteiger partial charge in [0.25, 0.3) is 0 Å². The molecule has 0 aliphatic carbocycles. The summed E-state index contributed by atoms with van der Waals surface area (Å²) in [6.07, 6.45) is 3.30. The number of pyridine rings is 1. The maximum absolute atomic E-state index is 6.20. The van der Waals surface area contributed by atoms with Crippen LogP contribution in [0.3, 0.4) is 0 Å². The molecule has 0 radical (unpaired) electrons. The molecule has 0 aliphatic heterocycles. The van der Waals surface area contributed by atoms with Crippen molar-refractivity contribution in [2.24, 2.45) is 0 Å². The van der Waals surface area contributed by atoms with Crippen molar-refractivity contribution in [3.05, 3.63) is 60.0 Å². The molecule has 116 valence electrons. The minimum atomic E-state index is 0.514. The third kappa shape index (κ3) is 3.78. The fourth-order valence-electron chi connectivity index (χ4n) is 1.94. The van der Waals surface area contributed by atoms with Crippen LogP contribution in [-0.2, 0) is 0 Å². The molecule has 0 aliphatic rings. The van der Waals surface area contributed by atoms with E-state index >= 15 is 0 Å². The number of nitrogens with zero attached hydrogens (tertiary/aromatic N) is 3. The molecular weight excluding hydrogens is 306 g/mol. The van der Waals surface area contributed by atoms with Crippen LogP contribution in [0.25, 0.3) is 0 Å². The number of rotatable bonds is 4. The smallest absolute Gasteiger partial charge is 0.159 e. The molecule has 3 aromatic rings. The highest BCUT2D eigenvalue weighted by Crippen LogP contribution is 2.33. The van der Waals surface area contributed by atoms with Crippen molar-refractivity contribution < 1.29 is 0 Å². The maximum atomic E-state index is 6.20. The van der Waals surface area contributed by atoms with Gasteiger partial charge in [-0.1, -0.05) is 35.5 Å². The van der Waals surface area contributed by atoms with Gasteiger partial charge in [0.15, 0.2) is 5.82 Å². The first kappa shape index (κ1) is 15.3. The molecule has 0 saturated heterocycles. The molecule has 3 N–H and O–H groups in total. The Morgan fingerprint density at radius 1 is 0.913 bits per heavy atom. The lowest BCUT2D eigenvalue weighted by molar-refractivity contribution is 1.05. The first-order chi connectivity index (χ1) is 11.1. The number of hydrogen-bond donors (Lipinski definition) is 2. The molecule has 3 rings (SSSR count). The zero-order chi connectivity index (χ0) is 16.2. The lowest BCUT2D eigenvalue weighted by Gasteiger charge is -2.10. The Labute approximate surface area is 139 Å². The van der Waals surface area contributed by atoms with Crippen LogP contribution in [0.4, 0.5) is 17.3 Å². The molecule has 0 bridgehead atoms. The van der Waals surface area contributed by atoms with E-state index in [2.05, 4.69) is 51.5 Å². The fourth-order valence-corrected chi connectivity index (χ4v) is 2.74. The van der Waals surface area contributed by atoms with Gasteiger partial charge in [-0.15, -0.1) is 0 Å². The number of nitrogens with one attached hydrogen (secondary N) is 1. The summed E-state index contributed by atoms with van der Waals surface area (Å²) in [5.41, 5.74) is 9.04. The number of aromatic nitrogens is 3. The lowest BCUT2D eigenvalue weighted by Crippen LogP contribution is -2.03. The van der Waals surface area contributed by atoms with Crippen molar-refractivity contribution in [1.82, 2.24) is 15.0 Å². The average Bonchev–Trinajstić information content (AvgIpc) is 2.55. The normalized spacial score (nSPS) is 10.5. The van der Waals surface area contributed by atoms with Gasteiger partial charge >= 0.3 is 0 Å². The molecule has 0 atom stereocenters. The predicted octanol–water partition coefficient (Wildman–Crippen LogP) is 3.97. The van der Waals surface area contributed by atoms with E-state index in [0.717, 1.165) is 15.5 Å². The van der Waals surface area contributed by atoms with Gasteiger partial charge in [-0.3, -0.25) is 0 Å². The van der Waals surface area contributed by atoms with Gasteiger partial charge in [0, 0.05) is 11.1 Å². The topological polar surface area (TPSA) is 76.7 Å². The molecule has 0 spiro atoms. The van der Waals surface area contributed by atoms with Gasteiger partial charge < -0.3 is 11.1 Å². The first-order valence-electron chi connectivity index (χ1n) is 7.16. The number of aryl methyl sites for hydroxylation is 2. The number of nitrogens with two attached hydrogens (primary N) is 1. The Kier molecular flexibility index (Phi) is 4.43. The fraction of sp³-hybridized carbons (Fsp3) is 0.118. The summed E-state index contributed by atoms with van der Waals surface area (Å²) in [4.78, 5) is 13.9. The predicted molar refractivity (Wildman–Crippen MR) is 94.0 cm³/mol. The molecule has 23 heavy (non-hydrogen) atoms. The number of benzene rings is 1. The zero-order valence-electron chi connectivity index (χ0n) is 12.9. The minimum Gasteiger partial charge on any atom is -0.394 e. The van der Waals surface area contributed by atoms with Crippen molar-refractivity contribution in [2.75, 3.05) is 11.1 Å². The molecule has 0 saturated carbocycles. The number of nitrogen functional groups attached to an aromatic ring is 1. The molecule has 0 fully saturated rings. The molecular formula is C17H17N5S. The van der Waals surface area contributed by atoms with E-state index in [1.807, 2.05) is 19.1 Å². The third-order valence-electron chi connectivity index (χ3n) is 3.24. The highest BCUT2D eigenvalue weighted by Gasteiger charge is 2.10. The summed E-state index contributed by atoms with van der Waals surface area (Å²) in [6.45, 7) is 4.05. The Bertz CT molecular complexity index is 734. The largest absolute Gasteiger partial charge is 0.394 e. The third-order valence-corrected chi connectivity index (χ3v) is 4.27. The summed E-state index contributed by atoms with van der Waals surface area (Å²) in [7, 11) is 0. The van der Waals surface area contributed by atoms with Crippen molar-refractivity contribution in [3.8, 4) is 0 Å². The van der Waals surface area contributed by atoms with Gasteiger partial charge in [0.2, 0.25) is 0 Å². The number of hydrogen-bond acceptors (Lipinski definition) is 6. The zero-order valence-corrected chi connectivity index (χ0v) is 13.8. The second-order valence-corrected chi connectivity index (χ2v) is 6.26. The molecule has 6 heteroatoms. The Morgan fingerprint density at radius 3 is 2.35 bits per heavy atom. The van der Waals surface area contributed by atoms with Crippen molar-refractivity contribution in [3.63, 3.8) is 0 Å². The van der Waals surface area contributed by atoms with E-state index in [1.54, 1.807) is 6.20 Å². The van der Waals surface area contributed by atoms with E-state index < -0.39 is 0 Å². The second-order valence-electron chi connectivity index (χ2n) is 5.20. The van der Waals surface area contributed by atoms with E-state index in [0.29, 0.717) is 17.3 Å². The maximum Gasteiger partial charge on any atom is 0.159 e. The van der Waals surface area contributed by atoms with E-state index in [4.69, 9.17) is 5.73 Å². The Hall–Kier alpha value is -2.60. The van der Waals surface area contributed by atoms with E-state index in [9.17, 15) is 0 Å². The first-order valence-corrected chi connectivity index (χ1v) is 7.98. The summed E-state index contributed by atoms with van der Waals surface area (Å²) < 4.78 is 0. The monoisotopic (exact) mass is 323 g/mol. The Balaban J connectivity index is 1.83. The van der Waals surface area contributed by atoms with Crippen LogP contribution >= 0.6 is 11.8 Å². The summed E-state index contributed by atoms with van der Waals surface area (Å²) >= 11 is 1.51. The van der Waals surface area contributed by atoms with Gasteiger partial charge in [-0.2, -0.15) is 0 Å². The van der Waals surface area contributed by atoms with Crippen molar-refractivity contribution >= 4 is 29.1 Å². The molecule has 0 unspecified atom stereocenters. The van der Waals surface area contributed by atoms with Crippen molar-refractivity contribution in [1.29, 1.82) is 0 Å². The summed E-state index contributed by atoms with van der Waals surface area (Å²) in [5, 5.41) is 3.85. The molecule has 0 amide bonds. The number of anilines is 3. The molecule has 2 heterocycles. The van der Waals surface area contributed by atoms with Crippen molar-refractivity contribution in [2.45, 2.75) is 23.8 Å². The van der Waals surface area contributed by atoms with Crippen LogP contribution in [0.5, 0.6) is 0 Å². The Morgan fingerprint density at radius 2 is 1.65 bits per heavy atom. The van der Waals surface area contributed by atoms with Gasteiger partial charge in [-0.05, 0) is 37.6 Å². The highest BCUT2D eigenvalue weighted by atomic mass is 32.2. The van der Waals surface area contributed by atoms with Crippen LogP contribution < -0.4 is 11.1 Å². The minimum absolute atomic E-state index is 0.514. The van der Waals surface area contributed by atoms with Crippen LogP contribution in [-0.4, -0.2) is 15.0 Å². The molecule has 1 aromatic carbocycles. The van der Waals surface area contributed by atoms with E-state index in [-0.39, 0.29) is 0 Å².